The van der Waals surface area contributed by atoms with Gasteiger partial charge in [0.05, 0.1) is 0 Å². The molecule has 62 valence electrons. The molecule has 12 heavy (non-hydrogen) atoms. The van der Waals surface area contributed by atoms with E-state index in [4.69, 9.17) is 5.11 Å². The molecule has 1 rings (SSSR count). The first kappa shape index (κ1) is 11.6. The first-order valence-electron chi connectivity index (χ1n) is 3.79. The summed E-state index contributed by atoms with van der Waals surface area (Å²) in [5.41, 5.74) is 1.42. The fourth-order valence-corrected chi connectivity index (χ4v) is 0.961. The molecule has 0 aliphatic rings. The van der Waals surface area contributed by atoms with E-state index in [1.165, 1.54) is 5.56 Å². The molecule has 0 heterocycles. The van der Waals surface area contributed by atoms with Crippen LogP contribution < -0.4 is 0 Å². The van der Waals surface area contributed by atoms with E-state index >= 15 is 0 Å². The summed E-state index contributed by atoms with van der Waals surface area (Å²) in [7, 11) is 0. The van der Waals surface area contributed by atoms with E-state index < -0.39 is 0 Å². The summed E-state index contributed by atoms with van der Waals surface area (Å²) in [6.07, 6.45) is 0. The molecule has 0 atom stereocenters. The predicted octanol–water partition coefficient (Wildman–Crippen LogP) is 2.69. The average Bonchev–Trinajstić information content (AvgIpc) is 1.86. The second-order valence-corrected chi connectivity index (χ2v) is 3.80. The van der Waals surface area contributed by atoms with Crippen molar-refractivity contribution in [1.29, 1.82) is 0 Å². The van der Waals surface area contributed by atoms with Crippen molar-refractivity contribution in [1.82, 2.24) is 0 Å². The molecule has 0 radical (unpaired) electrons. The molecular formula is C10H14OZn. The van der Waals surface area contributed by atoms with Gasteiger partial charge in [0.25, 0.3) is 0 Å². The molecule has 1 aromatic rings. The summed E-state index contributed by atoms with van der Waals surface area (Å²) in [6.45, 7) is 6.46. The van der Waals surface area contributed by atoms with Gasteiger partial charge in [-0.3, -0.25) is 0 Å². The van der Waals surface area contributed by atoms with Gasteiger partial charge in [-0.1, -0.05) is 32.9 Å². The third kappa shape index (κ3) is 2.94. The molecule has 1 aromatic carbocycles. The molecule has 0 aliphatic carbocycles. The van der Waals surface area contributed by atoms with Crippen LogP contribution in [0.2, 0.25) is 0 Å². The normalized spacial score (nSPS) is 10.6. The Morgan fingerprint density at radius 2 is 1.42 bits per heavy atom. The van der Waals surface area contributed by atoms with Crippen molar-refractivity contribution in [3.05, 3.63) is 29.8 Å². The molecule has 0 amide bonds. The Morgan fingerprint density at radius 1 is 1.00 bits per heavy atom. The SMILES string of the molecule is CC(C)(C)c1ccc(O)cc1.[Zn]. The second kappa shape index (κ2) is 4.04. The summed E-state index contributed by atoms with van der Waals surface area (Å²) in [5.74, 6) is 0.331. The Labute approximate surface area is 86.6 Å². The van der Waals surface area contributed by atoms with Crippen molar-refractivity contribution in [3.8, 4) is 5.75 Å². The second-order valence-electron chi connectivity index (χ2n) is 3.80. The molecule has 1 N–H and O–H groups in total. The minimum atomic E-state index is 0. The maximum Gasteiger partial charge on any atom is 0.115 e. The van der Waals surface area contributed by atoms with Gasteiger partial charge in [0.1, 0.15) is 5.75 Å². The van der Waals surface area contributed by atoms with Crippen LogP contribution in [0.3, 0.4) is 0 Å². The summed E-state index contributed by atoms with van der Waals surface area (Å²) >= 11 is 0. The van der Waals surface area contributed by atoms with Crippen LogP contribution in [0.4, 0.5) is 0 Å². The van der Waals surface area contributed by atoms with E-state index in [2.05, 4.69) is 20.8 Å². The molecule has 0 spiro atoms. The van der Waals surface area contributed by atoms with Crippen LogP contribution in [0, 0.1) is 0 Å². The van der Waals surface area contributed by atoms with Crippen LogP contribution in [-0.4, -0.2) is 5.11 Å². The number of hydrogen-bond acceptors (Lipinski definition) is 1. The summed E-state index contributed by atoms with van der Waals surface area (Å²) < 4.78 is 0. The fraction of sp³-hybridized carbons (Fsp3) is 0.400. The van der Waals surface area contributed by atoms with Gasteiger partial charge in [-0.05, 0) is 23.1 Å². The maximum atomic E-state index is 9.02. The summed E-state index contributed by atoms with van der Waals surface area (Å²) in [6, 6.07) is 7.35. The van der Waals surface area contributed by atoms with E-state index in [0.29, 0.717) is 5.75 Å². The largest absolute Gasteiger partial charge is 0.508 e. The number of aromatic hydroxyl groups is 1. The van der Waals surface area contributed by atoms with E-state index in [1.54, 1.807) is 12.1 Å². The predicted molar refractivity (Wildman–Crippen MR) is 46.8 cm³/mol. The standard InChI is InChI=1S/C10H14O.Zn/c1-10(2,3)8-4-6-9(11)7-5-8;/h4-7,11H,1-3H3;. The van der Waals surface area contributed by atoms with Crippen LogP contribution in [0.1, 0.15) is 26.3 Å². The molecule has 2 heteroatoms. The zero-order chi connectivity index (χ0) is 8.48. The molecule has 0 saturated heterocycles. The van der Waals surface area contributed by atoms with Gasteiger partial charge in [-0.25, -0.2) is 0 Å². The Morgan fingerprint density at radius 3 is 1.75 bits per heavy atom. The van der Waals surface area contributed by atoms with Crippen LogP contribution in [0.5, 0.6) is 5.75 Å². The molecular weight excluding hydrogens is 201 g/mol. The maximum absolute atomic E-state index is 9.02. The molecule has 0 aliphatic heterocycles. The smallest absolute Gasteiger partial charge is 0.115 e. The first-order chi connectivity index (χ1) is 5.00. The fourth-order valence-electron chi connectivity index (χ4n) is 0.961. The van der Waals surface area contributed by atoms with Crippen LogP contribution in [0.15, 0.2) is 24.3 Å². The van der Waals surface area contributed by atoms with Gasteiger partial charge in [0.15, 0.2) is 0 Å². The number of phenolic OH excluding ortho intramolecular Hbond substituents is 1. The topological polar surface area (TPSA) is 20.2 Å². The van der Waals surface area contributed by atoms with Crippen molar-refractivity contribution >= 4 is 0 Å². The first-order valence-corrected chi connectivity index (χ1v) is 3.79. The van der Waals surface area contributed by atoms with E-state index in [0.717, 1.165) is 0 Å². The monoisotopic (exact) mass is 214 g/mol. The molecule has 0 saturated carbocycles. The van der Waals surface area contributed by atoms with Crippen molar-refractivity contribution in [2.24, 2.45) is 0 Å². The summed E-state index contributed by atoms with van der Waals surface area (Å²) in [4.78, 5) is 0. The van der Waals surface area contributed by atoms with Crippen LogP contribution in [0.25, 0.3) is 0 Å². The van der Waals surface area contributed by atoms with E-state index in [9.17, 15) is 0 Å². The molecule has 0 bridgehead atoms. The van der Waals surface area contributed by atoms with Crippen molar-refractivity contribution < 1.29 is 24.6 Å². The number of hydrogen-bond donors (Lipinski definition) is 1. The zero-order valence-electron chi connectivity index (χ0n) is 7.96. The van der Waals surface area contributed by atoms with Gasteiger partial charge >= 0.3 is 0 Å². The molecule has 0 aromatic heterocycles. The quantitative estimate of drug-likeness (QED) is 0.660. The van der Waals surface area contributed by atoms with E-state index in [1.807, 2.05) is 12.1 Å². The molecule has 0 fully saturated rings. The zero-order valence-corrected chi connectivity index (χ0v) is 10.9. The van der Waals surface area contributed by atoms with Crippen LogP contribution in [-0.2, 0) is 24.9 Å². The van der Waals surface area contributed by atoms with Crippen LogP contribution >= 0.6 is 0 Å². The van der Waals surface area contributed by atoms with Gasteiger partial charge in [0.2, 0.25) is 0 Å². The Balaban J connectivity index is 0.00000121. The van der Waals surface area contributed by atoms with Gasteiger partial charge in [-0.15, -0.1) is 0 Å². The summed E-state index contributed by atoms with van der Waals surface area (Å²) in [5, 5.41) is 9.02. The molecule has 1 nitrogen and oxygen atoms in total. The van der Waals surface area contributed by atoms with Crippen molar-refractivity contribution in [2.45, 2.75) is 26.2 Å². The van der Waals surface area contributed by atoms with Gasteiger partial charge in [0, 0.05) is 19.5 Å². The number of rotatable bonds is 0. The molecule has 0 unspecified atom stereocenters. The third-order valence-electron chi connectivity index (χ3n) is 1.73. The van der Waals surface area contributed by atoms with Crippen molar-refractivity contribution in [2.75, 3.05) is 0 Å². The third-order valence-corrected chi connectivity index (χ3v) is 1.73. The Kier molecular flexibility index (Phi) is 3.92. The number of benzene rings is 1. The van der Waals surface area contributed by atoms with Gasteiger partial charge in [-0.2, -0.15) is 0 Å². The van der Waals surface area contributed by atoms with E-state index in [-0.39, 0.29) is 24.9 Å². The Bertz CT molecular complexity index is 233. The minimum Gasteiger partial charge on any atom is -0.508 e. The minimum absolute atomic E-state index is 0. The van der Waals surface area contributed by atoms with Gasteiger partial charge < -0.3 is 5.11 Å². The number of phenols is 1. The van der Waals surface area contributed by atoms with Crippen molar-refractivity contribution in [3.63, 3.8) is 0 Å². The average molecular weight is 216 g/mol. The Hall–Kier alpha value is -0.357.